The fourth-order valence-corrected chi connectivity index (χ4v) is 2.62. The van der Waals surface area contributed by atoms with Gasteiger partial charge < -0.3 is 14.8 Å². The Kier molecular flexibility index (Phi) is 5.01. The lowest BCUT2D eigenvalue weighted by Gasteiger charge is -2.18. The average Bonchev–Trinajstić information content (AvgIpc) is 2.76. The van der Waals surface area contributed by atoms with Crippen LogP contribution in [0.4, 0.5) is 0 Å². The highest BCUT2D eigenvalue weighted by molar-refractivity contribution is 6.30. The lowest BCUT2D eigenvalue weighted by atomic mass is 10.1. The maximum absolute atomic E-state index is 6.01. The second-order valence-corrected chi connectivity index (χ2v) is 5.18. The van der Waals surface area contributed by atoms with E-state index in [1.807, 2.05) is 6.07 Å². The van der Waals surface area contributed by atoms with Crippen molar-refractivity contribution in [3.8, 4) is 0 Å². The molecule has 1 N–H and O–H groups in total. The third kappa shape index (κ3) is 3.45. The summed E-state index contributed by atoms with van der Waals surface area (Å²) in [6.45, 7) is 1.44. The van der Waals surface area contributed by atoms with E-state index in [0.717, 1.165) is 24.4 Å². The first kappa shape index (κ1) is 13.8. The largest absolute Gasteiger partial charge is 0.382 e. The van der Waals surface area contributed by atoms with Crippen LogP contribution < -0.4 is 5.32 Å². The highest BCUT2D eigenvalue weighted by Crippen LogP contribution is 2.25. The molecule has 18 heavy (non-hydrogen) atoms. The predicted octanol–water partition coefficient (Wildman–Crippen LogP) is 2.06. The summed E-state index contributed by atoms with van der Waals surface area (Å²) >= 11 is 6.01. The van der Waals surface area contributed by atoms with Gasteiger partial charge in [-0.2, -0.15) is 0 Å². The fraction of sp³-hybridized carbons (Fsp3) is 0.571. The van der Waals surface area contributed by atoms with E-state index >= 15 is 0 Å². The van der Waals surface area contributed by atoms with Crippen molar-refractivity contribution in [3.63, 3.8) is 0 Å². The number of halogens is 1. The monoisotopic (exact) mass is 269 g/mol. The number of ether oxygens (including phenoxy) is 2. The van der Waals surface area contributed by atoms with Crippen LogP contribution in [0.15, 0.2) is 18.2 Å². The number of rotatable bonds is 6. The minimum atomic E-state index is 0.113. The Balaban J connectivity index is 1.84. The zero-order valence-electron chi connectivity index (χ0n) is 10.9. The van der Waals surface area contributed by atoms with Crippen molar-refractivity contribution in [3.05, 3.63) is 34.3 Å². The molecule has 1 aliphatic carbocycles. The van der Waals surface area contributed by atoms with Crippen LogP contribution in [-0.4, -0.2) is 39.5 Å². The van der Waals surface area contributed by atoms with Gasteiger partial charge in [-0.3, -0.25) is 0 Å². The topological polar surface area (TPSA) is 30.5 Å². The summed E-state index contributed by atoms with van der Waals surface area (Å²) < 4.78 is 10.4. The molecule has 100 valence electrons. The summed E-state index contributed by atoms with van der Waals surface area (Å²) in [5, 5.41) is 4.36. The summed E-state index contributed by atoms with van der Waals surface area (Å²) in [5.74, 6) is 0. The molecule has 4 heteroatoms. The zero-order chi connectivity index (χ0) is 13.0. The molecule has 1 aromatic rings. The third-order valence-electron chi connectivity index (χ3n) is 3.42. The van der Waals surface area contributed by atoms with Crippen LogP contribution in [0.2, 0.25) is 5.02 Å². The Morgan fingerprint density at radius 1 is 1.33 bits per heavy atom. The third-order valence-corrected chi connectivity index (χ3v) is 3.66. The predicted molar refractivity (Wildman–Crippen MR) is 73.3 cm³/mol. The van der Waals surface area contributed by atoms with Crippen molar-refractivity contribution in [1.29, 1.82) is 0 Å². The van der Waals surface area contributed by atoms with Gasteiger partial charge in [0, 0.05) is 31.8 Å². The molecule has 0 amide bonds. The van der Waals surface area contributed by atoms with Crippen molar-refractivity contribution in [2.45, 2.75) is 25.0 Å². The number of hydrogen-bond donors (Lipinski definition) is 1. The normalized spacial score (nSPS) is 19.8. The van der Waals surface area contributed by atoms with Gasteiger partial charge in [-0.05, 0) is 36.1 Å². The van der Waals surface area contributed by atoms with E-state index < -0.39 is 0 Å². The molecule has 0 radical (unpaired) electrons. The van der Waals surface area contributed by atoms with Crippen molar-refractivity contribution >= 4 is 11.6 Å². The van der Waals surface area contributed by atoms with E-state index in [-0.39, 0.29) is 6.10 Å². The van der Waals surface area contributed by atoms with Crippen molar-refractivity contribution in [1.82, 2.24) is 5.32 Å². The number of nitrogens with one attached hydrogen (secondary N) is 1. The van der Waals surface area contributed by atoms with Gasteiger partial charge in [0.2, 0.25) is 0 Å². The molecule has 0 aliphatic heterocycles. The van der Waals surface area contributed by atoms with Gasteiger partial charge in [0.25, 0.3) is 0 Å². The van der Waals surface area contributed by atoms with E-state index in [1.165, 1.54) is 11.1 Å². The lowest BCUT2D eigenvalue weighted by molar-refractivity contribution is 0.0275. The molecular formula is C14H20ClNO2. The number of fused-ring (bicyclic) bond motifs is 1. The fourth-order valence-electron chi connectivity index (χ4n) is 2.43. The van der Waals surface area contributed by atoms with Crippen LogP contribution in [0.1, 0.15) is 11.1 Å². The Hall–Kier alpha value is -0.610. The number of methoxy groups -OCH3 is 2. The summed E-state index contributed by atoms with van der Waals surface area (Å²) in [6.07, 6.45) is 2.22. The summed E-state index contributed by atoms with van der Waals surface area (Å²) in [6, 6.07) is 6.64. The Bertz CT molecular complexity index is 397. The molecule has 0 spiro atoms. The van der Waals surface area contributed by atoms with Crippen molar-refractivity contribution in [2.75, 3.05) is 27.4 Å². The van der Waals surface area contributed by atoms with Gasteiger partial charge in [0.05, 0.1) is 12.7 Å². The molecule has 2 atom stereocenters. The molecule has 0 fully saturated rings. The van der Waals surface area contributed by atoms with Crippen LogP contribution in [-0.2, 0) is 22.3 Å². The maximum Gasteiger partial charge on any atom is 0.0928 e. The Morgan fingerprint density at radius 3 is 2.83 bits per heavy atom. The minimum Gasteiger partial charge on any atom is -0.382 e. The van der Waals surface area contributed by atoms with Gasteiger partial charge in [-0.25, -0.2) is 0 Å². The second kappa shape index (κ2) is 6.53. The zero-order valence-corrected chi connectivity index (χ0v) is 11.7. The second-order valence-electron chi connectivity index (χ2n) is 4.74. The summed E-state index contributed by atoms with van der Waals surface area (Å²) in [7, 11) is 3.41. The molecule has 2 unspecified atom stereocenters. The van der Waals surface area contributed by atoms with Crippen LogP contribution >= 0.6 is 11.6 Å². The molecule has 0 bridgehead atoms. The standard InChI is InChI=1S/C14H20ClNO2/c1-17-9-14(18-2)8-16-13-6-10-3-4-12(15)5-11(10)7-13/h3-5,13-14,16H,6-9H2,1-2H3. The van der Waals surface area contributed by atoms with Crippen molar-refractivity contribution in [2.24, 2.45) is 0 Å². The molecular weight excluding hydrogens is 250 g/mol. The van der Waals surface area contributed by atoms with E-state index in [1.54, 1.807) is 14.2 Å². The number of hydrogen-bond acceptors (Lipinski definition) is 3. The van der Waals surface area contributed by atoms with Gasteiger partial charge >= 0.3 is 0 Å². The average molecular weight is 270 g/mol. The van der Waals surface area contributed by atoms with E-state index in [0.29, 0.717) is 12.6 Å². The molecule has 3 nitrogen and oxygen atoms in total. The van der Waals surface area contributed by atoms with Gasteiger partial charge in [-0.15, -0.1) is 0 Å². The Morgan fingerprint density at radius 2 is 2.11 bits per heavy atom. The quantitative estimate of drug-likeness (QED) is 0.858. The first-order valence-corrected chi connectivity index (χ1v) is 6.63. The summed E-state index contributed by atoms with van der Waals surface area (Å²) in [4.78, 5) is 0. The van der Waals surface area contributed by atoms with Gasteiger partial charge in [0.1, 0.15) is 0 Å². The van der Waals surface area contributed by atoms with Crippen molar-refractivity contribution < 1.29 is 9.47 Å². The van der Waals surface area contributed by atoms with E-state index in [2.05, 4.69) is 17.4 Å². The SMILES string of the molecule is COCC(CNC1Cc2ccc(Cl)cc2C1)OC. The minimum absolute atomic E-state index is 0.113. The highest BCUT2D eigenvalue weighted by Gasteiger charge is 2.22. The molecule has 2 rings (SSSR count). The molecule has 0 aromatic heterocycles. The molecule has 1 aromatic carbocycles. The summed E-state index contributed by atoms with van der Waals surface area (Å²) in [5.41, 5.74) is 2.76. The van der Waals surface area contributed by atoms with Crippen LogP contribution in [0, 0.1) is 0 Å². The first-order chi connectivity index (χ1) is 8.72. The molecule has 0 saturated carbocycles. The van der Waals surface area contributed by atoms with Crippen LogP contribution in [0.25, 0.3) is 0 Å². The van der Waals surface area contributed by atoms with E-state index in [9.17, 15) is 0 Å². The molecule has 1 aliphatic rings. The smallest absolute Gasteiger partial charge is 0.0928 e. The van der Waals surface area contributed by atoms with Gasteiger partial charge in [0.15, 0.2) is 0 Å². The van der Waals surface area contributed by atoms with Crippen LogP contribution in [0.3, 0.4) is 0 Å². The van der Waals surface area contributed by atoms with E-state index in [4.69, 9.17) is 21.1 Å². The molecule has 0 saturated heterocycles. The first-order valence-electron chi connectivity index (χ1n) is 6.25. The molecule has 0 heterocycles. The lowest BCUT2D eigenvalue weighted by Crippen LogP contribution is -2.38. The maximum atomic E-state index is 6.01. The van der Waals surface area contributed by atoms with Gasteiger partial charge in [-0.1, -0.05) is 17.7 Å². The number of benzene rings is 1. The highest BCUT2D eigenvalue weighted by atomic mass is 35.5. The van der Waals surface area contributed by atoms with Crippen LogP contribution in [0.5, 0.6) is 0 Å². The Labute approximate surface area is 113 Å².